The summed E-state index contributed by atoms with van der Waals surface area (Å²) in [6, 6.07) is 17.5. The molecular formula is C45H36BrCl2F4N9O8. The van der Waals surface area contributed by atoms with Crippen molar-refractivity contribution in [2.45, 2.75) is 65.2 Å². The van der Waals surface area contributed by atoms with Crippen LogP contribution in [0, 0.1) is 11.3 Å². The zero-order chi connectivity index (χ0) is 49.9. The monoisotopic (exact) mass is 1060 g/mol. The third-order valence-corrected chi connectivity index (χ3v) is 10.8. The fraction of sp³-hybridized carbons (Fsp3) is 0.267. The van der Waals surface area contributed by atoms with Gasteiger partial charge in [0.05, 0.1) is 78.7 Å². The maximum absolute atomic E-state index is 13.0. The van der Waals surface area contributed by atoms with Crippen molar-refractivity contribution in [3.05, 3.63) is 124 Å². The number of aliphatic carboxylic acids is 1. The molecule has 4 aromatic carbocycles. The zero-order valence-electron chi connectivity index (χ0n) is 36.3. The lowest BCUT2D eigenvalue weighted by Crippen LogP contribution is -2.32. The number of benzene rings is 4. The summed E-state index contributed by atoms with van der Waals surface area (Å²) in [5.41, 5.74) is 1.34. The number of H-pyrrole nitrogens is 2. The predicted octanol–water partition coefficient (Wildman–Crippen LogP) is 8.38. The Bertz CT molecular complexity index is 3460. The van der Waals surface area contributed by atoms with Crippen molar-refractivity contribution < 1.29 is 46.5 Å². The molecule has 0 saturated carbocycles. The van der Waals surface area contributed by atoms with Crippen LogP contribution in [0.25, 0.3) is 43.6 Å². The average Bonchev–Trinajstić information content (AvgIpc) is 3.85. The molecule has 8 aromatic rings. The van der Waals surface area contributed by atoms with E-state index in [4.69, 9.17) is 42.5 Å². The van der Waals surface area contributed by atoms with Crippen molar-refractivity contribution in [2.24, 2.45) is 0 Å². The highest BCUT2D eigenvalue weighted by Crippen LogP contribution is 2.32. The first-order valence-electron chi connectivity index (χ1n) is 20.4. The van der Waals surface area contributed by atoms with Gasteiger partial charge in [0, 0.05) is 27.4 Å². The second kappa shape index (κ2) is 20.6. The van der Waals surface area contributed by atoms with Crippen LogP contribution in [0.15, 0.2) is 74.7 Å². The molecule has 0 amide bonds. The van der Waals surface area contributed by atoms with Gasteiger partial charge >= 0.3 is 11.9 Å². The van der Waals surface area contributed by atoms with Crippen LogP contribution < -0.4 is 20.6 Å². The van der Waals surface area contributed by atoms with Gasteiger partial charge in [0.25, 0.3) is 24.0 Å². The van der Waals surface area contributed by atoms with Crippen molar-refractivity contribution in [2.75, 3.05) is 13.2 Å². The second-order valence-corrected chi connectivity index (χ2v) is 17.8. The standard InChI is InChI=1S/C24H22BrClF2N4O4.C21H14ClF2N5O4/c1-24(2,3)36-22(33)10-32-23(34)13-5-4-12(25)6-14(13)16(31-32)9-21-29-17-7-15(26)19(8-18(17)30-21)35-11-20(27)28;22-13-4-15-16(5-17(13)33-9-18(23)24)27-19(26-15)6-14-12-3-10(7-25)1-2-11(12)21(32)29(28-14)8-20(30)31/h4-8,20H,9-11H2,1-3H3,(H,29,30);1-5,18H,6,8-9H2,(H,26,27)(H,30,31). The number of fused-ring (bicyclic) bond motifs is 4. The summed E-state index contributed by atoms with van der Waals surface area (Å²) in [5.74, 6) is -0.791. The maximum Gasteiger partial charge on any atom is 0.328 e. The van der Waals surface area contributed by atoms with E-state index in [1.54, 1.807) is 45.0 Å². The molecule has 0 unspecified atom stereocenters. The van der Waals surface area contributed by atoms with E-state index < -0.39 is 61.3 Å². The minimum atomic E-state index is -2.66. The molecule has 358 valence electrons. The predicted molar refractivity (Wildman–Crippen MR) is 249 cm³/mol. The first-order valence-corrected chi connectivity index (χ1v) is 21.9. The number of carboxylic acids is 1. The Morgan fingerprint density at radius 3 is 1.70 bits per heavy atom. The molecular weight excluding hydrogens is 1020 g/mol. The van der Waals surface area contributed by atoms with Gasteiger partial charge in [-0.2, -0.15) is 15.5 Å². The number of nitrogens with one attached hydrogen (secondary N) is 2. The number of hydrogen-bond donors (Lipinski definition) is 3. The number of carbonyl (C=O) groups is 2. The number of halogens is 7. The quantitative estimate of drug-likeness (QED) is 0.0687. The molecule has 0 aliphatic heterocycles. The highest BCUT2D eigenvalue weighted by molar-refractivity contribution is 9.10. The van der Waals surface area contributed by atoms with Gasteiger partial charge in [0.1, 0.15) is 55.1 Å². The van der Waals surface area contributed by atoms with Gasteiger partial charge < -0.3 is 29.3 Å². The van der Waals surface area contributed by atoms with Crippen LogP contribution in [0.4, 0.5) is 17.6 Å². The van der Waals surface area contributed by atoms with E-state index in [2.05, 4.69) is 46.1 Å². The number of alkyl halides is 4. The van der Waals surface area contributed by atoms with E-state index in [9.17, 15) is 42.0 Å². The molecule has 4 heterocycles. The molecule has 17 nitrogen and oxygen atoms in total. The van der Waals surface area contributed by atoms with Gasteiger partial charge in [0.2, 0.25) is 0 Å². The third-order valence-electron chi connectivity index (χ3n) is 9.72. The zero-order valence-corrected chi connectivity index (χ0v) is 39.3. The van der Waals surface area contributed by atoms with E-state index in [0.29, 0.717) is 66.8 Å². The molecule has 0 fully saturated rings. The highest BCUT2D eigenvalue weighted by atomic mass is 79.9. The lowest BCUT2D eigenvalue weighted by atomic mass is 10.1. The average molecular weight is 1060 g/mol. The number of rotatable bonds is 14. The van der Waals surface area contributed by atoms with E-state index in [1.807, 2.05) is 6.07 Å². The van der Waals surface area contributed by atoms with Gasteiger partial charge in [-0.3, -0.25) is 19.2 Å². The van der Waals surface area contributed by atoms with Crippen molar-refractivity contribution in [1.29, 1.82) is 5.26 Å². The Morgan fingerprint density at radius 1 is 0.754 bits per heavy atom. The Hall–Kier alpha value is -7.09. The number of carbonyl (C=O) groups excluding carboxylic acids is 1. The van der Waals surface area contributed by atoms with Gasteiger partial charge in [-0.15, -0.1) is 0 Å². The van der Waals surface area contributed by atoms with E-state index in [0.717, 1.165) is 13.8 Å². The minimum Gasteiger partial charge on any atom is -0.486 e. The van der Waals surface area contributed by atoms with Crippen LogP contribution in [0.5, 0.6) is 11.5 Å². The minimum absolute atomic E-state index is 0.0553. The fourth-order valence-electron chi connectivity index (χ4n) is 6.99. The Kier molecular flexibility index (Phi) is 14.9. The first-order chi connectivity index (χ1) is 32.6. The molecule has 24 heteroatoms. The van der Waals surface area contributed by atoms with Gasteiger partial charge in [0.15, 0.2) is 0 Å². The van der Waals surface area contributed by atoms with Crippen LogP contribution in [0.1, 0.15) is 49.4 Å². The van der Waals surface area contributed by atoms with E-state index >= 15 is 0 Å². The highest BCUT2D eigenvalue weighted by Gasteiger charge is 2.21. The lowest BCUT2D eigenvalue weighted by molar-refractivity contribution is -0.155. The smallest absolute Gasteiger partial charge is 0.328 e. The number of aromatic nitrogens is 8. The Labute approximate surface area is 404 Å². The van der Waals surface area contributed by atoms with Crippen molar-refractivity contribution in [1.82, 2.24) is 39.5 Å². The van der Waals surface area contributed by atoms with E-state index in [1.165, 1.54) is 36.4 Å². The molecule has 0 aliphatic carbocycles. The molecule has 0 atom stereocenters. The summed E-state index contributed by atoms with van der Waals surface area (Å²) in [6.07, 6.45) is -5.06. The van der Waals surface area contributed by atoms with Gasteiger partial charge in [-0.25, -0.2) is 36.9 Å². The molecule has 0 aliphatic rings. The molecule has 3 N–H and O–H groups in total. The summed E-state index contributed by atoms with van der Waals surface area (Å²) < 4.78 is 68.1. The lowest BCUT2D eigenvalue weighted by Gasteiger charge is -2.19. The number of hydrogen-bond acceptors (Lipinski definition) is 12. The largest absolute Gasteiger partial charge is 0.486 e. The summed E-state index contributed by atoms with van der Waals surface area (Å²) in [5, 5.41) is 28.8. The van der Waals surface area contributed by atoms with Crippen LogP contribution in [0.2, 0.25) is 10.0 Å². The second-order valence-electron chi connectivity index (χ2n) is 16.1. The number of imidazole rings is 2. The number of nitrogens with zero attached hydrogens (tertiary/aromatic N) is 7. The van der Waals surface area contributed by atoms with E-state index in [-0.39, 0.29) is 46.3 Å². The Balaban J connectivity index is 0.000000205. The fourth-order valence-corrected chi connectivity index (χ4v) is 7.79. The molecule has 0 radical (unpaired) electrons. The third kappa shape index (κ3) is 12.1. The summed E-state index contributed by atoms with van der Waals surface area (Å²) in [7, 11) is 0. The number of nitriles is 1. The van der Waals surface area contributed by atoms with Crippen LogP contribution >= 0.6 is 39.1 Å². The first kappa shape index (κ1) is 49.8. The normalized spacial score (nSPS) is 11.6. The number of ether oxygens (including phenoxy) is 3. The molecule has 4 aromatic heterocycles. The number of aromatic amines is 2. The Morgan fingerprint density at radius 2 is 1.23 bits per heavy atom. The van der Waals surface area contributed by atoms with Gasteiger partial charge in [-0.1, -0.05) is 39.1 Å². The van der Waals surface area contributed by atoms with Crippen molar-refractivity contribution in [3.63, 3.8) is 0 Å². The number of carboxylic acid groups (broad SMARTS) is 1. The van der Waals surface area contributed by atoms with Crippen molar-refractivity contribution >= 4 is 94.7 Å². The number of esters is 1. The molecule has 0 saturated heterocycles. The summed E-state index contributed by atoms with van der Waals surface area (Å²) in [4.78, 5) is 64.3. The SMILES string of the molecule is CC(C)(C)OC(=O)Cn1nc(Cc2nc3cc(OCC(F)F)c(Cl)cc3[nH]2)c2cc(Br)ccc2c1=O.N#Cc1ccc2c(=O)n(CC(=O)O)nc(Cc3nc4cc(OCC(F)F)c(Cl)cc4[nH]3)c2c1. The molecule has 0 spiro atoms. The summed E-state index contributed by atoms with van der Waals surface area (Å²) >= 11 is 15.7. The van der Waals surface area contributed by atoms with Crippen LogP contribution in [-0.2, 0) is 40.3 Å². The van der Waals surface area contributed by atoms with Crippen LogP contribution in [0.3, 0.4) is 0 Å². The maximum atomic E-state index is 13.0. The summed E-state index contributed by atoms with van der Waals surface area (Å²) in [6.45, 7) is 2.63. The van der Waals surface area contributed by atoms with Crippen LogP contribution in [-0.4, -0.2) is 88.2 Å². The van der Waals surface area contributed by atoms with Crippen molar-refractivity contribution in [3.8, 4) is 17.6 Å². The molecule has 8 rings (SSSR count). The topological polar surface area (TPSA) is 233 Å². The molecule has 0 bridgehead atoms. The molecule has 69 heavy (non-hydrogen) atoms. The van der Waals surface area contributed by atoms with Gasteiger partial charge in [-0.05, 0) is 69.3 Å².